The number of nitro groups is 1. The number of nitrogens with zero attached hydrogens (tertiary/aromatic N) is 1. The lowest BCUT2D eigenvalue weighted by atomic mass is 10.0. The first-order valence-corrected chi connectivity index (χ1v) is 4.20. The van der Waals surface area contributed by atoms with Crippen LogP contribution in [-0.4, -0.2) is 11.5 Å². The summed E-state index contributed by atoms with van der Waals surface area (Å²) in [6.07, 6.45) is 0. The van der Waals surface area contributed by atoms with Gasteiger partial charge in [-0.15, -0.1) is 0 Å². The second kappa shape index (κ2) is 4.02. The summed E-state index contributed by atoms with van der Waals surface area (Å²) in [5.41, 5.74) is 7.24. The van der Waals surface area contributed by atoms with E-state index in [0.29, 0.717) is 16.7 Å². The van der Waals surface area contributed by atoms with Gasteiger partial charge in [0.2, 0.25) is 0 Å². The fraction of sp³-hybridized carbons (Fsp3) is 0.200. The molecule has 0 unspecified atom stereocenters. The lowest BCUT2D eigenvalue weighted by molar-refractivity contribution is -0.385. The monoisotopic (exact) mass is 192 g/mol. The quantitative estimate of drug-likeness (QED) is 0.587. The molecule has 0 spiro atoms. The van der Waals surface area contributed by atoms with Crippen LogP contribution in [0.5, 0.6) is 0 Å². The Hall–Kier alpha value is -1.68. The van der Waals surface area contributed by atoms with Crippen LogP contribution < -0.4 is 5.73 Å². The summed E-state index contributed by atoms with van der Waals surface area (Å²) in [4.78, 5) is 10.4. The van der Waals surface area contributed by atoms with Gasteiger partial charge in [0.15, 0.2) is 0 Å². The Morgan fingerprint density at radius 1 is 1.64 bits per heavy atom. The number of para-hydroxylation sites is 1. The molecule has 0 aromatic heterocycles. The Morgan fingerprint density at radius 3 is 2.79 bits per heavy atom. The smallest absolute Gasteiger partial charge is 0.279 e. The van der Waals surface area contributed by atoms with Gasteiger partial charge in [0.25, 0.3) is 5.69 Å². The SMILES string of the molecule is C=C(CN)c1cccc(C)c1[N+](=O)[O-]. The third-order valence-corrected chi connectivity index (χ3v) is 2.05. The Morgan fingerprint density at radius 2 is 2.29 bits per heavy atom. The maximum Gasteiger partial charge on any atom is 0.279 e. The molecule has 0 saturated heterocycles. The molecule has 0 atom stereocenters. The molecule has 0 saturated carbocycles. The number of hydrogen-bond donors (Lipinski definition) is 1. The predicted molar refractivity (Wildman–Crippen MR) is 55.9 cm³/mol. The standard InChI is InChI=1S/C10H12N2O2/c1-7-4-3-5-9(8(2)6-11)10(7)12(13)14/h3-5H,2,6,11H2,1H3. The fourth-order valence-electron chi connectivity index (χ4n) is 1.30. The number of rotatable bonds is 3. The van der Waals surface area contributed by atoms with Crippen LogP contribution in [0.2, 0.25) is 0 Å². The molecule has 4 nitrogen and oxygen atoms in total. The summed E-state index contributed by atoms with van der Waals surface area (Å²) >= 11 is 0. The maximum atomic E-state index is 10.8. The van der Waals surface area contributed by atoms with Crippen molar-refractivity contribution in [2.45, 2.75) is 6.92 Å². The van der Waals surface area contributed by atoms with E-state index in [-0.39, 0.29) is 12.2 Å². The van der Waals surface area contributed by atoms with E-state index in [2.05, 4.69) is 6.58 Å². The number of nitro benzene ring substituents is 1. The Kier molecular flexibility index (Phi) is 2.99. The van der Waals surface area contributed by atoms with Crippen LogP contribution in [0.15, 0.2) is 24.8 Å². The van der Waals surface area contributed by atoms with Crippen molar-refractivity contribution in [1.29, 1.82) is 0 Å². The minimum absolute atomic E-state index is 0.1000. The molecule has 0 aliphatic heterocycles. The molecule has 4 heteroatoms. The molecule has 0 aliphatic rings. The van der Waals surface area contributed by atoms with Crippen LogP contribution in [0, 0.1) is 17.0 Å². The second-order valence-corrected chi connectivity index (χ2v) is 3.04. The first-order valence-electron chi connectivity index (χ1n) is 4.20. The molecule has 14 heavy (non-hydrogen) atoms. The average Bonchev–Trinajstić information content (AvgIpc) is 2.15. The van der Waals surface area contributed by atoms with Gasteiger partial charge >= 0.3 is 0 Å². The summed E-state index contributed by atoms with van der Waals surface area (Å²) in [6, 6.07) is 5.13. The molecule has 1 rings (SSSR count). The fourth-order valence-corrected chi connectivity index (χ4v) is 1.30. The van der Waals surface area contributed by atoms with E-state index in [1.54, 1.807) is 25.1 Å². The zero-order valence-corrected chi connectivity index (χ0v) is 7.99. The van der Waals surface area contributed by atoms with Gasteiger partial charge in [-0.2, -0.15) is 0 Å². The molecule has 0 heterocycles. The minimum Gasteiger partial charge on any atom is -0.326 e. The Bertz CT molecular complexity index is 386. The van der Waals surface area contributed by atoms with Crippen LogP contribution in [0.3, 0.4) is 0 Å². The molecule has 74 valence electrons. The van der Waals surface area contributed by atoms with E-state index in [4.69, 9.17) is 5.73 Å². The van der Waals surface area contributed by atoms with Gasteiger partial charge in [-0.1, -0.05) is 18.7 Å². The normalized spacial score (nSPS) is 9.86. The predicted octanol–water partition coefficient (Wildman–Crippen LogP) is 1.88. The van der Waals surface area contributed by atoms with E-state index in [1.165, 1.54) is 0 Å². The van der Waals surface area contributed by atoms with E-state index < -0.39 is 4.92 Å². The number of nitrogens with two attached hydrogens (primary N) is 1. The van der Waals surface area contributed by atoms with Crippen molar-refractivity contribution in [3.05, 3.63) is 46.0 Å². The van der Waals surface area contributed by atoms with E-state index >= 15 is 0 Å². The molecule has 2 N–H and O–H groups in total. The maximum absolute atomic E-state index is 10.8. The third kappa shape index (κ3) is 1.80. The van der Waals surface area contributed by atoms with Gasteiger partial charge in [0, 0.05) is 12.1 Å². The highest BCUT2D eigenvalue weighted by molar-refractivity contribution is 5.73. The zero-order chi connectivity index (χ0) is 10.7. The van der Waals surface area contributed by atoms with Crippen molar-refractivity contribution in [2.75, 3.05) is 6.54 Å². The highest BCUT2D eigenvalue weighted by Gasteiger charge is 2.17. The van der Waals surface area contributed by atoms with Crippen molar-refractivity contribution < 1.29 is 4.92 Å². The van der Waals surface area contributed by atoms with Gasteiger partial charge < -0.3 is 5.73 Å². The van der Waals surface area contributed by atoms with Crippen LogP contribution in [-0.2, 0) is 0 Å². The molecule has 0 bridgehead atoms. The first-order chi connectivity index (χ1) is 6.57. The topological polar surface area (TPSA) is 69.2 Å². The largest absolute Gasteiger partial charge is 0.326 e. The minimum atomic E-state index is -0.397. The lowest BCUT2D eigenvalue weighted by Gasteiger charge is -2.05. The van der Waals surface area contributed by atoms with E-state index in [1.807, 2.05) is 0 Å². The van der Waals surface area contributed by atoms with Crippen LogP contribution in [0.4, 0.5) is 5.69 Å². The summed E-state index contributed by atoms with van der Waals surface area (Å²) in [6.45, 7) is 5.62. The summed E-state index contributed by atoms with van der Waals surface area (Å²) in [5, 5.41) is 10.8. The van der Waals surface area contributed by atoms with Gasteiger partial charge in [-0.25, -0.2) is 0 Å². The molecule has 0 amide bonds. The van der Waals surface area contributed by atoms with Gasteiger partial charge in [-0.3, -0.25) is 10.1 Å². The van der Waals surface area contributed by atoms with Crippen LogP contribution >= 0.6 is 0 Å². The number of aryl methyl sites for hydroxylation is 1. The van der Waals surface area contributed by atoms with Crippen molar-refractivity contribution in [3.63, 3.8) is 0 Å². The molecule has 1 aromatic rings. The van der Waals surface area contributed by atoms with E-state index in [0.717, 1.165) is 0 Å². The first kappa shape index (κ1) is 10.4. The van der Waals surface area contributed by atoms with Crippen molar-refractivity contribution >= 4 is 11.3 Å². The highest BCUT2D eigenvalue weighted by Crippen LogP contribution is 2.27. The molecule has 0 radical (unpaired) electrons. The van der Waals surface area contributed by atoms with Gasteiger partial charge in [0.05, 0.1) is 10.5 Å². The molecule has 0 fully saturated rings. The molecule has 1 aromatic carbocycles. The van der Waals surface area contributed by atoms with Crippen LogP contribution in [0.25, 0.3) is 5.57 Å². The van der Waals surface area contributed by atoms with Crippen LogP contribution in [0.1, 0.15) is 11.1 Å². The third-order valence-electron chi connectivity index (χ3n) is 2.05. The summed E-state index contributed by atoms with van der Waals surface area (Å²) < 4.78 is 0. The zero-order valence-electron chi connectivity index (χ0n) is 7.99. The van der Waals surface area contributed by atoms with Crippen molar-refractivity contribution in [3.8, 4) is 0 Å². The Labute approximate surface area is 82.2 Å². The van der Waals surface area contributed by atoms with Crippen molar-refractivity contribution in [1.82, 2.24) is 0 Å². The van der Waals surface area contributed by atoms with Gasteiger partial charge in [0.1, 0.15) is 0 Å². The van der Waals surface area contributed by atoms with Gasteiger partial charge in [-0.05, 0) is 18.6 Å². The summed E-state index contributed by atoms with van der Waals surface area (Å²) in [7, 11) is 0. The van der Waals surface area contributed by atoms with Crippen molar-refractivity contribution in [2.24, 2.45) is 5.73 Å². The average molecular weight is 192 g/mol. The number of hydrogen-bond acceptors (Lipinski definition) is 3. The second-order valence-electron chi connectivity index (χ2n) is 3.04. The lowest BCUT2D eigenvalue weighted by Crippen LogP contribution is -2.04. The molecular formula is C10H12N2O2. The summed E-state index contributed by atoms with van der Waals surface area (Å²) in [5.74, 6) is 0. The van der Waals surface area contributed by atoms with E-state index in [9.17, 15) is 10.1 Å². The molecular weight excluding hydrogens is 180 g/mol. The highest BCUT2D eigenvalue weighted by atomic mass is 16.6. The number of benzene rings is 1. The Balaban J connectivity index is 3.35. The molecule has 0 aliphatic carbocycles.